The molecule has 0 bridgehead atoms. The first-order chi connectivity index (χ1) is 6.25. The van der Waals surface area contributed by atoms with Crippen LogP contribution in [0.25, 0.3) is 0 Å². The Kier molecular flexibility index (Phi) is 14.6. The number of allylic oxidation sites excluding steroid dienone is 4. The summed E-state index contributed by atoms with van der Waals surface area (Å²) < 4.78 is 0. The van der Waals surface area contributed by atoms with E-state index in [2.05, 4.69) is 0 Å². The second-order valence-electron chi connectivity index (χ2n) is 2.79. The molecule has 2 N–H and O–H groups in total. The summed E-state index contributed by atoms with van der Waals surface area (Å²) in [6, 6.07) is 0. The quantitative estimate of drug-likeness (QED) is 0.557. The van der Waals surface area contributed by atoms with Crippen LogP contribution in [0.15, 0.2) is 23.7 Å². The first-order valence-corrected chi connectivity index (χ1v) is 4.01. The number of hydrogen-bond acceptors (Lipinski definition) is 4. The SMILES string of the molecule is CC(=O)/C=C(/C)O.CC(=O)/C=C(/C)O.[Ir]. The van der Waals surface area contributed by atoms with Crippen molar-refractivity contribution in [2.45, 2.75) is 27.7 Å². The number of rotatable bonds is 2. The summed E-state index contributed by atoms with van der Waals surface area (Å²) in [6.45, 7) is 5.70. The number of ketones is 2. The van der Waals surface area contributed by atoms with E-state index in [1.165, 1.54) is 39.8 Å². The van der Waals surface area contributed by atoms with Crippen LogP contribution in [0.2, 0.25) is 0 Å². The molecule has 1 radical (unpaired) electrons. The van der Waals surface area contributed by atoms with Gasteiger partial charge < -0.3 is 10.2 Å². The number of hydrogen-bond donors (Lipinski definition) is 2. The maximum absolute atomic E-state index is 10.0. The van der Waals surface area contributed by atoms with E-state index >= 15 is 0 Å². The predicted molar refractivity (Wildman–Crippen MR) is 54.1 cm³/mol. The molecule has 0 aromatic heterocycles. The molecular weight excluding hydrogens is 376 g/mol. The van der Waals surface area contributed by atoms with Crippen LogP contribution in [0.1, 0.15) is 27.7 Å². The standard InChI is InChI=1S/2C5H8O2.Ir/c2*1-4(6)3-5(2)7;/h2*3,6H,1-2H3;/b2*4-3-;. The zero-order valence-electron chi connectivity index (χ0n) is 9.20. The van der Waals surface area contributed by atoms with Crippen LogP contribution in [0.3, 0.4) is 0 Å². The second-order valence-corrected chi connectivity index (χ2v) is 2.79. The van der Waals surface area contributed by atoms with Gasteiger partial charge in [-0.2, -0.15) is 0 Å². The molecule has 0 amide bonds. The van der Waals surface area contributed by atoms with Gasteiger partial charge in [0.05, 0.1) is 11.5 Å². The van der Waals surface area contributed by atoms with Gasteiger partial charge >= 0.3 is 0 Å². The van der Waals surface area contributed by atoms with E-state index in [-0.39, 0.29) is 43.2 Å². The summed E-state index contributed by atoms with van der Waals surface area (Å²) in [6.07, 6.45) is 2.33. The van der Waals surface area contributed by atoms with Crippen LogP contribution in [0, 0.1) is 0 Å². The Labute approximate surface area is 103 Å². The molecule has 0 saturated carbocycles. The summed E-state index contributed by atoms with van der Waals surface area (Å²) >= 11 is 0. The fourth-order valence-corrected chi connectivity index (χ4v) is 0.588. The van der Waals surface area contributed by atoms with E-state index < -0.39 is 0 Å². The Balaban J connectivity index is -0.000000180. The third-order valence-electron chi connectivity index (χ3n) is 0.824. The smallest absolute Gasteiger partial charge is 0.155 e. The van der Waals surface area contributed by atoms with Crippen molar-refractivity contribution in [3.8, 4) is 0 Å². The molecule has 0 spiro atoms. The van der Waals surface area contributed by atoms with Crippen LogP contribution in [-0.4, -0.2) is 21.8 Å². The number of aliphatic hydroxyl groups excluding tert-OH is 2. The van der Waals surface area contributed by atoms with Crippen molar-refractivity contribution < 1.29 is 39.9 Å². The molecular formula is C10H16IrO4. The molecule has 0 aliphatic heterocycles. The average molecular weight is 392 g/mol. The van der Waals surface area contributed by atoms with Gasteiger partial charge in [0.2, 0.25) is 0 Å². The molecule has 5 heteroatoms. The zero-order valence-corrected chi connectivity index (χ0v) is 11.6. The minimum atomic E-state index is -0.125. The van der Waals surface area contributed by atoms with E-state index in [1.807, 2.05) is 0 Å². The van der Waals surface area contributed by atoms with E-state index in [0.717, 1.165) is 0 Å². The molecule has 0 atom stereocenters. The molecule has 0 aromatic rings. The third-order valence-corrected chi connectivity index (χ3v) is 0.824. The molecule has 15 heavy (non-hydrogen) atoms. The first-order valence-electron chi connectivity index (χ1n) is 4.01. The number of carbonyl (C=O) groups excluding carboxylic acids is 2. The van der Waals surface area contributed by atoms with Gasteiger partial charge in [-0.1, -0.05) is 0 Å². The van der Waals surface area contributed by atoms with Crippen LogP contribution >= 0.6 is 0 Å². The van der Waals surface area contributed by atoms with Crippen molar-refractivity contribution >= 4 is 11.6 Å². The van der Waals surface area contributed by atoms with Gasteiger partial charge in [0, 0.05) is 32.3 Å². The molecule has 0 aliphatic carbocycles. The Hall–Kier alpha value is -0.931. The predicted octanol–water partition coefficient (Wildman–Crippen LogP) is 2.07. The van der Waals surface area contributed by atoms with Gasteiger partial charge in [-0.05, 0) is 27.7 Å². The van der Waals surface area contributed by atoms with Crippen LogP contribution < -0.4 is 0 Å². The molecule has 0 rings (SSSR count). The molecule has 4 nitrogen and oxygen atoms in total. The van der Waals surface area contributed by atoms with Crippen molar-refractivity contribution in [3.63, 3.8) is 0 Å². The van der Waals surface area contributed by atoms with Crippen molar-refractivity contribution in [1.82, 2.24) is 0 Å². The second kappa shape index (κ2) is 11.1. The van der Waals surface area contributed by atoms with Crippen LogP contribution in [-0.2, 0) is 29.7 Å². The fraction of sp³-hybridized carbons (Fsp3) is 0.400. The Morgan fingerprint density at radius 1 is 0.800 bits per heavy atom. The van der Waals surface area contributed by atoms with Gasteiger partial charge in [-0.25, -0.2) is 0 Å². The van der Waals surface area contributed by atoms with Crippen molar-refractivity contribution in [3.05, 3.63) is 23.7 Å². The Morgan fingerprint density at radius 2 is 1.00 bits per heavy atom. The molecule has 89 valence electrons. The minimum absolute atomic E-state index is 0. The van der Waals surface area contributed by atoms with Gasteiger partial charge in [0.1, 0.15) is 0 Å². The minimum Gasteiger partial charge on any atom is -0.512 e. The molecule has 0 fully saturated rings. The van der Waals surface area contributed by atoms with E-state index in [0.29, 0.717) is 0 Å². The number of aliphatic hydroxyl groups is 2. The van der Waals surface area contributed by atoms with Crippen LogP contribution in [0.5, 0.6) is 0 Å². The molecule has 0 saturated heterocycles. The largest absolute Gasteiger partial charge is 0.512 e. The normalized spacial score (nSPS) is 10.7. The van der Waals surface area contributed by atoms with Gasteiger partial charge in [0.15, 0.2) is 11.6 Å². The maximum Gasteiger partial charge on any atom is 0.155 e. The van der Waals surface area contributed by atoms with E-state index in [4.69, 9.17) is 10.2 Å². The Bertz CT molecular complexity index is 231. The molecule has 0 unspecified atom stereocenters. The molecule has 0 aliphatic rings. The maximum atomic E-state index is 10.0. The number of carbonyl (C=O) groups is 2. The van der Waals surface area contributed by atoms with Crippen molar-refractivity contribution in [1.29, 1.82) is 0 Å². The summed E-state index contributed by atoms with van der Waals surface area (Å²) in [7, 11) is 0. The summed E-state index contributed by atoms with van der Waals surface area (Å²) in [5.74, 6) is -0.125. The van der Waals surface area contributed by atoms with Crippen molar-refractivity contribution in [2.24, 2.45) is 0 Å². The molecule has 0 aromatic carbocycles. The van der Waals surface area contributed by atoms with Gasteiger partial charge in [-0.3, -0.25) is 9.59 Å². The van der Waals surface area contributed by atoms with E-state index in [1.54, 1.807) is 0 Å². The summed E-state index contributed by atoms with van der Waals surface area (Å²) in [4.78, 5) is 20.0. The Morgan fingerprint density at radius 3 is 1.00 bits per heavy atom. The third kappa shape index (κ3) is 32.0. The summed E-state index contributed by atoms with van der Waals surface area (Å²) in [5, 5.41) is 16.7. The first kappa shape index (κ1) is 19.6. The monoisotopic (exact) mass is 393 g/mol. The summed E-state index contributed by atoms with van der Waals surface area (Å²) in [5.41, 5.74) is 0. The topological polar surface area (TPSA) is 74.6 Å². The van der Waals surface area contributed by atoms with Crippen molar-refractivity contribution in [2.75, 3.05) is 0 Å². The van der Waals surface area contributed by atoms with Crippen LogP contribution in [0.4, 0.5) is 0 Å². The van der Waals surface area contributed by atoms with E-state index in [9.17, 15) is 9.59 Å². The zero-order chi connectivity index (χ0) is 11.7. The molecule has 0 heterocycles. The fourth-order valence-electron chi connectivity index (χ4n) is 0.588. The van der Waals surface area contributed by atoms with Gasteiger partial charge in [0.25, 0.3) is 0 Å². The van der Waals surface area contributed by atoms with Gasteiger partial charge in [-0.15, -0.1) is 0 Å². The average Bonchev–Trinajstić information content (AvgIpc) is 1.79.